The molecule has 0 saturated carbocycles. The molecule has 146 valence electrons. The van der Waals surface area contributed by atoms with Gasteiger partial charge in [0.2, 0.25) is 0 Å². The maximum atomic E-state index is 12.9. The lowest BCUT2D eigenvalue weighted by atomic mass is 9.94. The second-order valence-electron chi connectivity index (χ2n) is 6.93. The molecule has 0 unspecified atom stereocenters. The molecule has 1 aliphatic heterocycles. The SMILES string of the molecule is CCc1ccc([C@@H]2/C(=C(\O)c3ccccc3)C(=O)C(=O)N2c2cc(C)on2)cc1. The third-order valence-electron chi connectivity index (χ3n) is 5.06. The lowest BCUT2D eigenvalue weighted by Crippen LogP contribution is -2.29. The molecule has 2 heterocycles. The summed E-state index contributed by atoms with van der Waals surface area (Å²) in [5, 5.41) is 14.9. The number of hydrogen-bond acceptors (Lipinski definition) is 5. The Labute approximate surface area is 168 Å². The number of aryl methyl sites for hydroxylation is 2. The number of anilines is 1. The van der Waals surface area contributed by atoms with Crippen molar-refractivity contribution in [2.24, 2.45) is 0 Å². The van der Waals surface area contributed by atoms with E-state index in [-0.39, 0.29) is 17.2 Å². The summed E-state index contributed by atoms with van der Waals surface area (Å²) in [6, 6.07) is 17.2. The summed E-state index contributed by atoms with van der Waals surface area (Å²) in [5.74, 6) is -0.959. The van der Waals surface area contributed by atoms with Crippen LogP contribution in [0.5, 0.6) is 0 Å². The highest BCUT2D eigenvalue weighted by Gasteiger charge is 2.48. The van der Waals surface area contributed by atoms with Gasteiger partial charge < -0.3 is 9.63 Å². The van der Waals surface area contributed by atoms with Gasteiger partial charge in [-0.1, -0.05) is 66.7 Å². The van der Waals surface area contributed by atoms with Gasteiger partial charge in [0.15, 0.2) is 5.82 Å². The number of hydrogen-bond donors (Lipinski definition) is 1. The van der Waals surface area contributed by atoms with Crippen molar-refractivity contribution in [3.05, 3.63) is 88.7 Å². The highest BCUT2D eigenvalue weighted by molar-refractivity contribution is 6.51. The zero-order valence-corrected chi connectivity index (χ0v) is 16.1. The number of carbonyl (C=O) groups is 2. The summed E-state index contributed by atoms with van der Waals surface area (Å²) in [6.45, 7) is 3.76. The molecule has 2 aromatic carbocycles. The molecule has 0 spiro atoms. The quantitative estimate of drug-likeness (QED) is 0.412. The van der Waals surface area contributed by atoms with Gasteiger partial charge in [-0.05, 0) is 24.5 Å². The summed E-state index contributed by atoms with van der Waals surface area (Å²) in [6.07, 6.45) is 0.868. The van der Waals surface area contributed by atoms with Crippen LogP contribution < -0.4 is 4.90 Å². The molecule has 0 radical (unpaired) electrons. The lowest BCUT2D eigenvalue weighted by Gasteiger charge is -2.23. The van der Waals surface area contributed by atoms with Crippen LogP contribution in [0.25, 0.3) is 5.76 Å². The minimum atomic E-state index is -0.800. The van der Waals surface area contributed by atoms with Crippen LogP contribution in [0.3, 0.4) is 0 Å². The van der Waals surface area contributed by atoms with Crippen LogP contribution in [0.15, 0.2) is 70.8 Å². The van der Waals surface area contributed by atoms with E-state index in [2.05, 4.69) is 12.1 Å². The van der Waals surface area contributed by atoms with Crippen LogP contribution in [0.4, 0.5) is 5.82 Å². The highest BCUT2D eigenvalue weighted by Crippen LogP contribution is 2.41. The predicted octanol–water partition coefficient (Wildman–Crippen LogP) is 4.17. The van der Waals surface area contributed by atoms with Gasteiger partial charge in [0.1, 0.15) is 11.5 Å². The molecule has 1 N–H and O–H groups in total. The Morgan fingerprint density at radius 3 is 2.38 bits per heavy atom. The second-order valence-corrected chi connectivity index (χ2v) is 6.93. The van der Waals surface area contributed by atoms with E-state index in [1.807, 2.05) is 30.3 Å². The number of aliphatic hydroxyl groups is 1. The molecule has 6 nitrogen and oxygen atoms in total. The summed E-state index contributed by atoms with van der Waals surface area (Å²) in [4.78, 5) is 27.2. The number of ketones is 1. The van der Waals surface area contributed by atoms with Crippen LogP contribution in [-0.2, 0) is 16.0 Å². The molecule has 1 aromatic heterocycles. The van der Waals surface area contributed by atoms with Crippen molar-refractivity contribution in [1.82, 2.24) is 5.16 Å². The number of rotatable bonds is 4. The van der Waals surface area contributed by atoms with Gasteiger partial charge >= 0.3 is 5.91 Å². The summed E-state index contributed by atoms with van der Waals surface area (Å²) < 4.78 is 5.13. The van der Waals surface area contributed by atoms with Gasteiger partial charge in [0.05, 0.1) is 11.6 Å². The standard InChI is InChI=1S/C23H20N2O4/c1-3-15-9-11-16(12-10-15)20-19(21(26)17-7-5-4-6-8-17)22(27)23(28)25(20)18-13-14(2)29-24-18/h4-13,20,26H,3H2,1-2H3/b21-19+/t20-/m1/s1. The summed E-state index contributed by atoms with van der Waals surface area (Å²) in [5.41, 5.74) is 2.34. The molecule has 1 amide bonds. The van der Waals surface area contributed by atoms with Gasteiger partial charge in [0, 0.05) is 11.6 Å². The van der Waals surface area contributed by atoms with Crippen molar-refractivity contribution in [1.29, 1.82) is 0 Å². The average molecular weight is 388 g/mol. The summed E-state index contributed by atoms with van der Waals surface area (Å²) >= 11 is 0. The summed E-state index contributed by atoms with van der Waals surface area (Å²) in [7, 11) is 0. The van der Waals surface area contributed by atoms with Crippen LogP contribution in [0.2, 0.25) is 0 Å². The monoisotopic (exact) mass is 388 g/mol. The van der Waals surface area contributed by atoms with Gasteiger partial charge in [0.25, 0.3) is 5.78 Å². The Kier molecular flexibility index (Phi) is 4.76. The van der Waals surface area contributed by atoms with Gasteiger partial charge in [-0.15, -0.1) is 0 Å². The third kappa shape index (κ3) is 3.23. The molecular formula is C23H20N2O4. The smallest absolute Gasteiger partial charge is 0.301 e. The molecular weight excluding hydrogens is 368 g/mol. The zero-order chi connectivity index (χ0) is 20.5. The van der Waals surface area contributed by atoms with Crippen LogP contribution >= 0.6 is 0 Å². The van der Waals surface area contributed by atoms with E-state index in [0.29, 0.717) is 16.9 Å². The van der Waals surface area contributed by atoms with Gasteiger partial charge in [-0.3, -0.25) is 14.5 Å². The fourth-order valence-electron chi connectivity index (χ4n) is 3.54. The van der Waals surface area contributed by atoms with Crippen molar-refractivity contribution < 1.29 is 19.2 Å². The fraction of sp³-hybridized carbons (Fsp3) is 0.174. The first-order chi connectivity index (χ1) is 14.0. The molecule has 1 aliphatic rings. The zero-order valence-electron chi connectivity index (χ0n) is 16.1. The van der Waals surface area contributed by atoms with Crippen molar-refractivity contribution >= 4 is 23.3 Å². The number of benzene rings is 2. The number of amides is 1. The first-order valence-corrected chi connectivity index (χ1v) is 9.39. The first kappa shape index (κ1) is 18.7. The Morgan fingerprint density at radius 2 is 1.79 bits per heavy atom. The van der Waals surface area contributed by atoms with Crippen LogP contribution in [-0.4, -0.2) is 22.0 Å². The van der Waals surface area contributed by atoms with E-state index >= 15 is 0 Å². The van der Waals surface area contributed by atoms with Gasteiger partial charge in [-0.25, -0.2) is 0 Å². The maximum absolute atomic E-state index is 12.9. The Morgan fingerprint density at radius 1 is 1.10 bits per heavy atom. The normalized spacial score (nSPS) is 18.4. The second kappa shape index (κ2) is 7.39. The third-order valence-corrected chi connectivity index (χ3v) is 5.06. The van der Waals surface area contributed by atoms with Crippen molar-refractivity contribution in [3.8, 4) is 0 Å². The molecule has 3 aromatic rings. The van der Waals surface area contributed by atoms with Crippen LogP contribution in [0, 0.1) is 6.92 Å². The minimum Gasteiger partial charge on any atom is -0.507 e. The van der Waals surface area contributed by atoms with Crippen LogP contribution in [0.1, 0.15) is 35.4 Å². The molecule has 0 bridgehead atoms. The fourth-order valence-corrected chi connectivity index (χ4v) is 3.54. The molecule has 1 fully saturated rings. The molecule has 6 heteroatoms. The lowest BCUT2D eigenvalue weighted by molar-refractivity contribution is -0.132. The van der Waals surface area contributed by atoms with E-state index in [1.54, 1.807) is 37.3 Å². The van der Waals surface area contributed by atoms with E-state index in [0.717, 1.165) is 12.0 Å². The Bertz CT molecular complexity index is 1100. The molecule has 1 saturated heterocycles. The van der Waals surface area contributed by atoms with Crippen molar-refractivity contribution in [3.63, 3.8) is 0 Å². The number of nitrogens with zero attached hydrogens (tertiary/aromatic N) is 2. The first-order valence-electron chi connectivity index (χ1n) is 9.39. The number of aliphatic hydroxyl groups excluding tert-OH is 1. The number of aromatic nitrogens is 1. The van der Waals surface area contributed by atoms with Gasteiger partial charge in [-0.2, -0.15) is 0 Å². The average Bonchev–Trinajstić information content (AvgIpc) is 3.29. The topological polar surface area (TPSA) is 83.6 Å². The van der Waals surface area contributed by atoms with Crippen molar-refractivity contribution in [2.45, 2.75) is 26.3 Å². The molecule has 0 aliphatic carbocycles. The number of Topliss-reactive ketones (excluding diaryl/α,β-unsaturated/α-hetero) is 1. The van der Waals surface area contributed by atoms with Crippen molar-refractivity contribution in [2.75, 3.05) is 4.90 Å². The predicted molar refractivity (Wildman–Crippen MR) is 108 cm³/mol. The number of carbonyl (C=O) groups excluding carboxylic acids is 2. The van der Waals surface area contributed by atoms with E-state index in [4.69, 9.17) is 4.52 Å². The van der Waals surface area contributed by atoms with E-state index < -0.39 is 17.7 Å². The molecule has 1 atom stereocenters. The maximum Gasteiger partial charge on any atom is 0.301 e. The highest BCUT2D eigenvalue weighted by atomic mass is 16.5. The molecule has 4 rings (SSSR count). The minimum absolute atomic E-state index is 0.0334. The Balaban J connectivity index is 1.92. The van der Waals surface area contributed by atoms with E-state index in [1.165, 1.54) is 4.90 Å². The Hall–Kier alpha value is -3.67. The largest absolute Gasteiger partial charge is 0.507 e. The molecule has 29 heavy (non-hydrogen) atoms. The van der Waals surface area contributed by atoms with E-state index in [9.17, 15) is 14.7 Å².